The van der Waals surface area contributed by atoms with Gasteiger partial charge in [0.05, 0.1) is 21.9 Å². The molecule has 0 aliphatic carbocycles. The van der Waals surface area contributed by atoms with Crippen molar-refractivity contribution >= 4 is 64.1 Å². The molecule has 0 heterocycles. The molecule has 6 nitrogen and oxygen atoms in total. The molecular formula is C23H18Cl2N2O4S. The molecule has 32 heavy (non-hydrogen) atoms. The van der Waals surface area contributed by atoms with Crippen LogP contribution < -0.4 is 10.6 Å². The minimum atomic E-state index is -1.06. The van der Waals surface area contributed by atoms with E-state index in [1.807, 2.05) is 0 Å². The minimum Gasteiger partial charge on any atom is -0.478 e. The largest absolute Gasteiger partial charge is 0.478 e. The number of hydrogen-bond donors (Lipinski definition) is 3. The standard InChI is InChI=1S/C23H18Cl2N2O4S/c1-13-2-3-14(23(30)31)10-20(13)27-21(28)12-32-17-7-5-16(6-8-17)26-22(29)18-9-4-15(24)11-19(18)25/h2-11H,12H2,1H3,(H,26,29)(H,27,28)(H,30,31). The van der Waals surface area contributed by atoms with Crippen LogP contribution in [0.3, 0.4) is 0 Å². The Hall–Kier alpha value is -3.00. The second-order valence-corrected chi connectivity index (χ2v) is 8.67. The number of thioether (sulfide) groups is 1. The van der Waals surface area contributed by atoms with Crippen molar-refractivity contribution in [1.82, 2.24) is 0 Å². The lowest BCUT2D eigenvalue weighted by atomic mass is 10.1. The number of nitrogens with one attached hydrogen (secondary N) is 2. The molecule has 0 saturated heterocycles. The number of hydrogen-bond acceptors (Lipinski definition) is 4. The van der Waals surface area contributed by atoms with Gasteiger partial charge < -0.3 is 15.7 Å². The van der Waals surface area contributed by atoms with Crippen LogP contribution in [-0.2, 0) is 4.79 Å². The predicted octanol–water partition coefficient (Wildman–Crippen LogP) is 5.98. The number of amides is 2. The van der Waals surface area contributed by atoms with Gasteiger partial charge in [-0.2, -0.15) is 0 Å². The Labute approximate surface area is 198 Å². The highest BCUT2D eigenvalue weighted by molar-refractivity contribution is 8.00. The predicted molar refractivity (Wildman–Crippen MR) is 128 cm³/mol. The maximum Gasteiger partial charge on any atom is 0.335 e. The van der Waals surface area contributed by atoms with Crippen molar-refractivity contribution in [3.63, 3.8) is 0 Å². The molecule has 3 aromatic rings. The van der Waals surface area contributed by atoms with Gasteiger partial charge in [-0.05, 0) is 67.1 Å². The average Bonchev–Trinajstić information content (AvgIpc) is 2.74. The van der Waals surface area contributed by atoms with Gasteiger partial charge in [0.2, 0.25) is 5.91 Å². The zero-order valence-corrected chi connectivity index (χ0v) is 19.1. The van der Waals surface area contributed by atoms with Crippen molar-refractivity contribution in [1.29, 1.82) is 0 Å². The number of benzene rings is 3. The Bertz CT molecular complexity index is 1180. The second kappa shape index (κ2) is 10.5. The van der Waals surface area contributed by atoms with E-state index >= 15 is 0 Å². The van der Waals surface area contributed by atoms with Crippen LogP contribution in [-0.4, -0.2) is 28.6 Å². The number of carboxylic acid groups (broad SMARTS) is 1. The van der Waals surface area contributed by atoms with Crippen molar-refractivity contribution in [3.8, 4) is 0 Å². The first-order chi connectivity index (χ1) is 15.2. The summed E-state index contributed by atoms with van der Waals surface area (Å²) in [5.41, 5.74) is 2.24. The van der Waals surface area contributed by atoms with Gasteiger partial charge in [-0.15, -0.1) is 11.8 Å². The van der Waals surface area contributed by atoms with E-state index in [0.29, 0.717) is 22.0 Å². The van der Waals surface area contributed by atoms with Crippen LogP contribution in [0.1, 0.15) is 26.3 Å². The Balaban J connectivity index is 1.56. The Kier molecular flexibility index (Phi) is 7.80. The fraction of sp³-hybridized carbons (Fsp3) is 0.0870. The SMILES string of the molecule is Cc1ccc(C(=O)O)cc1NC(=O)CSc1ccc(NC(=O)c2ccc(Cl)cc2Cl)cc1. The summed E-state index contributed by atoms with van der Waals surface area (Å²) >= 11 is 13.2. The third-order valence-electron chi connectivity index (χ3n) is 4.42. The zero-order valence-electron chi connectivity index (χ0n) is 16.8. The van der Waals surface area contributed by atoms with Crippen LogP contribution in [0.5, 0.6) is 0 Å². The van der Waals surface area contributed by atoms with Gasteiger partial charge >= 0.3 is 5.97 Å². The van der Waals surface area contributed by atoms with Crippen molar-refractivity contribution in [2.24, 2.45) is 0 Å². The summed E-state index contributed by atoms with van der Waals surface area (Å²) in [5, 5.41) is 15.3. The van der Waals surface area contributed by atoms with Gasteiger partial charge in [-0.1, -0.05) is 29.3 Å². The van der Waals surface area contributed by atoms with Crippen molar-refractivity contribution in [2.75, 3.05) is 16.4 Å². The van der Waals surface area contributed by atoms with Gasteiger partial charge in [0.15, 0.2) is 0 Å². The molecule has 0 unspecified atom stereocenters. The van der Waals surface area contributed by atoms with E-state index in [4.69, 9.17) is 28.3 Å². The molecule has 0 atom stereocenters. The normalized spacial score (nSPS) is 10.5. The first kappa shape index (κ1) is 23.7. The molecule has 0 saturated carbocycles. The van der Waals surface area contributed by atoms with Crippen LogP contribution in [0.15, 0.2) is 65.6 Å². The molecule has 0 fully saturated rings. The van der Waals surface area contributed by atoms with E-state index in [0.717, 1.165) is 10.5 Å². The van der Waals surface area contributed by atoms with E-state index < -0.39 is 5.97 Å². The summed E-state index contributed by atoms with van der Waals surface area (Å²) in [6, 6.07) is 16.2. The molecule has 2 amide bonds. The van der Waals surface area contributed by atoms with Gasteiger partial charge in [-0.25, -0.2) is 4.79 Å². The van der Waals surface area contributed by atoms with E-state index in [1.165, 1.54) is 30.0 Å². The highest BCUT2D eigenvalue weighted by Crippen LogP contribution is 2.24. The lowest BCUT2D eigenvalue weighted by molar-refractivity contribution is -0.113. The van der Waals surface area contributed by atoms with Gasteiger partial charge in [0.1, 0.15) is 0 Å². The first-order valence-corrected chi connectivity index (χ1v) is 11.1. The second-order valence-electron chi connectivity index (χ2n) is 6.77. The van der Waals surface area contributed by atoms with Gasteiger partial charge in [0, 0.05) is 21.3 Å². The highest BCUT2D eigenvalue weighted by atomic mass is 35.5. The van der Waals surface area contributed by atoms with Crippen LogP contribution in [0, 0.1) is 6.92 Å². The van der Waals surface area contributed by atoms with Crippen LogP contribution in [0.25, 0.3) is 0 Å². The Morgan fingerprint density at radius 3 is 2.31 bits per heavy atom. The molecule has 0 bridgehead atoms. The Morgan fingerprint density at radius 1 is 0.938 bits per heavy atom. The molecule has 0 aliphatic rings. The number of anilines is 2. The lowest BCUT2D eigenvalue weighted by Crippen LogP contribution is -2.15. The van der Waals surface area contributed by atoms with Crippen LogP contribution in [0.2, 0.25) is 10.0 Å². The molecule has 0 aromatic heterocycles. The van der Waals surface area contributed by atoms with E-state index in [9.17, 15) is 14.4 Å². The maximum absolute atomic E-state index is 12.4. The smallest absolute Gasteiger partial charge is 0.335 e. The summed E-state index contributed by atoms with van der Waals surface area (Å²) in [4.78, 5) is 36.6. The van der Waals surface area contributed by atoms with Crippen LogP contribution >= 0.6 is 35.0 Å². The van der Waals surface area contributed by atoms with Crippen molar-refractivity contribution in [2.45, 2.75) is 11.8 Å². The fourth-order valence-electron chi connectivity index (χ4n) is 2.73. The van der Waals surface area contributed by atoms with E-state index in [1.54, 1.807) is 49.4 Å². The number of aryl methyl sites for hydroxylation is 1. The molecule has 0 radical (unpaired) electrons. The monoisotopic (exact) mass is 488 g/mol. The minimum absolute atomic E-state index is 0.107. The number of carbonyl (C=O) groups excluding carboxylic acids is 2. The number of aromatic carboxylic acids is 1. The van der Waals surface area contributed by atoms with Crippen LogP contribution in [0.4, 0.5) is 11.4 Å². The molecule has 3 N–H and O–H groups in total. The highest BCUT2D eigenvalue weighted by Gasteiger charge is 2.12. The van der Waals surface area contributed by atoms with Crippen molar-refractivity contribution in [3.05, 3.63) is 87.4 Å². The summed E-state index contributed by atoms with van der Waals surface area (Å²) in [6.45, 7) is 1.79. The molecule has 9 heteroatoms. The third kappa shape index (κ3) is 6.26. The maximum atomic E-state index is 12.4. The molecule has 3 rings (SSSR count). The molecule has 164 valence electrons. The van der Waals surface area contributed by atoms with Crippen molar-refractivity contribution < 1.29 is 19.5 Å². The number of halogens is 2. The Morgan fingerprint density at radius 2 is 1.66 bits per heavy atom. The quantitative estimate of drug-likeness (QED) is 0.355. The summed E-state index contributed by atoms with van der Waals surface area (Å²) in [7, 11) is 0. The molecular weight excluding hydrogens is 471 g/mol. The first-order valence-electron chi connectivity index (χ1n) is 9.36. The zero-order chi connectivity index (χ0) is 23.3. The molecule has 0 aliphatic heterocycles. The fourth-order valence-corrected chi connectivity index (χ4v) is 3.92. The summed E-state index contributed by atoms with van der Waals surface area (Å²) in [5.74, 6) is -1.52. The van der Waals surface area contributed by atoms with Gasteiger partial charge in [-0.3, -0.25) is 9.59 Å². The molecule has 0 spiro atoms. The summed E-state index contributed by atoms with van der Waals surface area (Å²) in [6.07, 6.45) is 0. The number of carbonyl (C=O) groups is 3. The van der Waals surface area contributed by atoms with E-state index in [-0.39, 0.29) is 28.2 Å². The number of carboxylic acids is 1. The number of rotatable bonds is 7. The third-order valence-corrected chi connectivity index (χ3v) is 5.98. The average molecular weight is 489 g/mol. The lowest BCUT2D eigenvalue weighted by Gasteiger charge is -2.10. The topological polar surface area (TPSA) is 95.5 Å². The van der Waals surface area contributed by atoms with Gasteiger partial charge in [0.25, 0.3) is 5.91 Å². The molecule has 3 aromatic carbocycles. The van der Waals surface area contributed by atoms with E-state index in [2.05, 4.69) is 10.6 Å². The summed E-state index contributed by atoms with van der Waals surface area (Å²) < 4.78 is 0.